The van der Waals surface area contributed by atoms with Gasteiger partial charge in [0.05, 0.1) is 11.4 Å². The van der Waals surface area contributed by atoms with Crippen molar-refractivity contribution in [1.29, 1.82) is 0 Å². The molecule has 120 valence electrons. The van der Waals surface area contributed by atoms with E-state index in [0.29, 0.717) is 5.69 Å². The van der Waals surface area contributed by atoms with Crippen molar-refractivity contribution in [1.82, 2.24) is 0 Å². The summed E-state index contributed by atoms with van der Waals surface area (Å²) in [4.78, 5) is 0. The summed E-state index contributed by atoms with van der Waals surface area (Å²) in [6.07, 6.45) is 6.48. The minimum absolute atomic E-state index is 0.197. The number of anilines is 1. The average Bonchev–Trinajstić information content (AvgIpc) is 2.51. The van der Waals surface area contributed by atoms with Crippen molar-refractivity contribution >= 4 is 26.5 Å². The van der Waals surface area contributed by atoms with Crippen LogP contribution in [0.2, 0.25) is 0 Å². The first-order valence-corrected chi connectivity index (χ1v) is 9.76. The lowest BCUT2D eigenvalue weighted by atomic mass is 10.1. The molecule has 4 heteroatoms. The maximum absolute atomic E-state index is 12.2. The summed E-state index contributed by atoms with van der Waals surface area (Å²) in [7, 11) is -3.27. The minimum Gasteiger partial charge on any atom is -0.283 e. The molecule has 0 spiro atoms. The first-order valence-electron chi connectivity index (χ1n) is 8.10. The Bertz CT molecular complexity index is 690. The van der Waals surface area contributed by atoms with Crippen LogP contribution in [0.3, 0.4) is 0 Å². The molecule has 0 bridgehead atoms. The molecule has 0 aliphatic rings. The van der Waals surface area contributed by atoms with Crippen LogP contribution in [0, 0.1) is 0 Å². The first-order chi connectivity index (χ1) is 10.6. The molecule has 0 unspecified atom stereocenters. The Labute approximate surface area is 133 Å². The molecular formula is C18H25NO2S. The van der Waals surface area contributed by atoms with Crippen molar-refractivity contribution in [2.45, 2.75) is 45.4 Å². The number of hydrogen-bond donors (Lipinski definition) is 1. The second-order valence-corrected chi connectivity index (χ2v) is 7.56. The third-order valence-electron chi connectivity index (χ3n) is 3.82. The van der Waals surface area contributed by atoms with E-state index in [1.165, 1.54) is 19.3 Å². The highest BCUT2D eigenvalue weighted by Crippen LogP contribution is 2.24. The molecule has 2 aromatic rings. The van der Waals surface area contributed by atoms with Gasteiger partial charge in [0.15, 0.2) is 0 Å². The predicted molar refractivity (Wildman–Crippen MR) is 94.7 cm³/mol. The molecule has 0 heterocycles. The van der Waals surface area contributed by atoms with Crippen molar-refractivity contribution < 1.29 is 8.42 Å². The van der Waals surface area contributed by atoms with Gasteiger partial charge in [0, 0.05) is 5.39 Å². The van der Waals surface area contributed by atoms with E-state index < -0.39 is 10.0 Å². The summed E-state index contributed by atoms with van der Waals surface area (Å²) in [5.41, 5.74) is 0.670. The molecule has 0 fully saturated rings. The highest BCUT2D eigenvalue weighted by molar-refractivity contribution is 7.92. The number of sulfonamides is 1. The summed E-state index contributed by atoms with van der Waals surface area (Å²) in [6.45, 7) is 2.18. The molecule has 2 rings (SSSR count). The van der Waals surface area contributed by atoms with Gasteiger partial charge in [0.25, 0.3) is 0 Å². The van der Waals surface area contributed by atoms with Crippen LogP contribution in [0.25, 0.3) is 10.8 Å². The Balaban J connectivity index is 1.93. The van der Waals surface area contributed by atoms with E-state index in [1.807, 2.05) is 42.5 Å². The maximum Gasteiger partial charge on any atom is 0.232 e. The van der Waals surface area contributed by atoms with E-state index in [9.17, 15) is 8.42 Å². The van der Waals surface area contributed by atoms with Crippen molar-refractivity contribution in [3.05, 3.63) is 42.5 Å². The van der Waals surface area contributed by atoms with Gasteiger partial charge in [-0.3, -0.25) is 4.72 Å². The molecule has 0 aromatic heterocycles. The SMILES string of the molecule is CCCCCCCCS(=O)(=O)Nc1cccc2ccccc12. The Kier molecular flexibility index (Phi) is 6.25. The summed E-state index contributed by atoms with van der Waals surface area (Å²) >= 11 is 0. The number of fused-ring (bicyclic) bond motifs is 1. The first kappa shape index (κ1) is 16.8. The van der Waals surface area contributed by atoms with E-state index in [-0.39, 0.29) is 5.75 Å². The van der Waals surface area contributed by atoms with Gasteiger partial charge >= 0.3 is 0 Å². The van der Waals surface area contributed by atoms with E-state index in [1.54, 1.807) is 0 Å². The van der Waals surface area contributed by atoms with Crippen LogP contribution in [0.1, 0.15) is 45.4 Å². The third-order valence-corrected chi connectivity index (χ3v) is 5.18. The van der Waals surface area contributed by atoms with E-state index in [4.69, 9.17) is 0 Å². The van der Waals surface area contributed by atoms with Crippen LogP contribution in [0.15, 0.2) is 42.5 Å². The quantitative estimate of drug-likeness (QED) is 0.665. The molecule has 0 amide bonds. The van der Waals surface area contributed by atoms with Crippen LogP contribution in [0.5, 0.6) is 0 Å². The number of rotatable bonds is 9. The molecule has 0 saturated heterocycles. The van der Waals surface area contributed by atoms with E-state index in [0.717, 1.165) is 30.0 Å². The summed E-state index contributed by atoms with van der Waals surface area (Å²) in [5.74, 6) is 0.197. The molecule has 22 heavy (non-hydrogen) atoms. The van der Waals surface area contributed by atoms with Gasteiger partial charge in [0.1, 0.15) is 0 Å². The largest absolute Gasteiger partial charge is 0.283 e. The van der Waals surface area contributed by atoms with Gasteiger partial charge in [-0.05, 0) is 17.9 Å². The molecule has 0 saturated carbocycles. The molecule has 1 N–H and O–H groups in total. The topological polar surface area (TPSA) is 46.2 Å². The van der Waals surface area contributed by atoms with Crippen molar-refractivity contribution in [3.63, 3.8) is 0 Å². The fourth-order valence-corrected chi connectivity index (χ4v) is 3.80. The molecule has 0 aliphatic carbocycles. The summed E-state index contributed by atoms with van der Waals surface area (Å²) < 4.78 is 27.2. The minimum atomic E-state index is -3.27. The monoisotopic (exact) mass is 319 g/mol. The second kappa shape index (κ2) is 8.18. The standard InChI is InChI=1S/C18H25NO2S/c1-2-3-4-5-6-9-15-22(20,21)19-18-14-10-12-16-11-7-8-13-17(16)18/h7-8,10-14,19H,2-6,9,15H2,1H3. The lowest BCUT2D eigenvalue weighted by molar-refractivity contribution is 0.588. The van der Waals surface area contributed by atoms with Gasteiger partial charge in [-0.2, -0.15) is 0 Å². The smallest absolute Gasteiger partial charge is 0.232 e. The highest BCUT2D eigenvalue weighted by atomic mass is 32.2. The fraction of sp³-hybridized carbons (Fsp3) is 0.444. The third kappa shape index (κ3) is 5.02. The van der Waals surface area contributed by atoms with Gasteiger partial charge in [-0.25, -0.2) is 8.42 Å². The van der Waals surface area contributed by atoms with Crippen LogP contribution < -0.4 is 4.72 Å². The summed E-state index contributed by atoms with van der Waals surface area (Å²) in [6, 6.07) is 13.5. The van der Waals surface area contributed by atoms with Crippen molar-refractivity contribution in [2.75, 3.05) is 10.5 Å². The number of benzene rings is 2. The van der Waals surface area contributed by atoms with Crippen molar-refractivity contribution in [2.24, 2.45) is 0 Å². The Morgan fingerprint density at radius 2 is 1.55 bits per heavy atom. The van der Waals surface area contributed by atoms with Gasteiger partial charge in [-0.1, -0.05) is 75.4 Å². The zero-order chi connectivity index (χ0) is 15.8. The Morgan fingerprint density at radius 1 is 0.864 bits per heavy atom. The van der Waals surface area contributed by atoms with E-state index >= 15 is 0 Å². The Hall–Kier alpha value is -1.55. The zero-order valence-corrected chi connectivity index (χ0v) is 14.0. The van der Waals surface area contributed by atoms with Crippen LogP contribution in [-0.4, -0.2) is 14.2 Å². The number of hydrogen-bond acceptors (Lipinski definition) is 2. The molecule has 0 radical (unpaired) electrons. The van der Waals surface area contributed by atoms with E-state index in [2.05, 4.69) is 11.6 Å². The molecule has 2 aromatic carbocycles. The maximum atomic E-state index is 12.2. The van der Waals surface area contributed by atoms with Crippen LogP contribution >= 0.6 is 0 Å². The highest BCUT2D eigenvalue weighted by Gasteiger charge is 2.11. The molecule has 3 nitrogen and oxygen atoms in total. The normalized spacial score (nSPS) is 11.7. The van der Waals surface area contributed by atoms with Gasteiger partial charge in [-0.15, -0.1) is 0 Å². The summed E-state index contributed by atoms with van der Waals surface area (Å²) in [5, 5.41) is 1.98. The van der Waals surface area contributed by atoms with Crippen molar-refractivity contribution in [3.8, 4) is 0 Å². The van der Waals surface area contributed by atoms with Crippen LogP contribution in [0.4, 0.5) is 5.69 Å². The number of nitrogens with one attached hydrogen (secondary N) is 1. The lowest BCUT2D eigenvalue weighted by Crippen LogP contribution is -2.16. The van der Waals surface area contributed by atoms with Gasteiger partial charge in [0.2, 0.25) is 10.0 Å². The molecule has 0 atom stereocenters. The average molecular weight is 319 g/mol. The predicted octanol–water partition coefficient (Wildman–Crippen LogP) is 4.94. The molecular weight excluding hydrogens is 294 g/mol. The van der Waals surface area contributed by atoms with Crippen LogP contribution in [-0.2, 0) is 10.0 Å². The lowest BCUT2D eigenvalue weighted by Gasteiger charge is -2.10. The second-order valence-electron chi connectivity index (χ2n) is 5.72. The van der Waals surface area contributed by atoms with Gasteiger partial charge < -0.3 is 0 Å². The number of unbranched alkanes of at least 4 members (excludes halogenated alkanes) is 5. The zero-order valence-electron chi connectivity index (χ0n) is 13.2. The Morgan fingerprint density at radius 3 is 2.36 bits per heavy atom. The molecule has 0 aliphatic heterocycles. The fourth-order valence-electron chi connectivity index (χ4n) is 2.61.